The molecular weight excluding hydrogens is 266 g/mol. The third kappa shape index (κ3) is 3.85. The number of pyridine rings is 1. The zero-order valence-electron chi connectivity index (χ0n) is 10.3. The van der Waals surface area contributed by atoms with E-state index in [-0.39, 0.29) is 11.7 Å². The van der Waals surface area contributed by atoms with Crippen LogP contribution in [0.5, 0.6) is 0 Å². The van der Waals surface area contributed by atoms with Crippen LogP contribution in [0.1, 0.15) is 16.1 Å². The minimum absolute atomic E-state index is 0.00290. The van der Waals surface area contributed by atoms with Crippen LogP contribution >= 0.6 is 11.8 Å². The molecule has 0 aromatic carbocycles. The summed E-state index contributed by atoms with van der Waals surface area (Å²) in [4.78, 5) is 28.1. The summed E-state index contributed by atoms with van der Waals surface area (Å²) in [5.74, 6) is 0.895. The number of thioether (sulfide) groups is 1. The van der Waals surface area contributed by atoms with Gasteiger partial charge in [0.2, 0.25) is 0 Å². The van der Waals surface area contributed by atoms with Crippen molar-refractivity contribution in [3.05, 3.63) is 29.6 Å². The molecule has 102 valence electrons. The molecule has 19 heavy (non-hydrogen) atoms. The molecule has 1 aromatic rings. The molecule has 7 heteroatoms. The van der Waals surface area contributed by atoms with Crippen molar-refractivity contribution in [1.29, 1.82) is 0 Å². The SMILES string of the molecule is O=C(O)c1ccc(CNC(=O)N2CCSCC2)cn1. The molecule has 1 aliphatic heterocycles. The second kappa shape index (κ2) is 6.42. The molecule has 0 spiro atoms. The first-order chi connectivity index (χ1) is 9.16. The summed E-state index contributed by atoms with van der Waals surface area (Å²) < 4.78 is 0. The molecule has 1 fully saturated rings. The third-order valence-corrected chi connectivity index (χ3v) is 3.73. The first kappa shape index (κ1) is 13.7. The molecule has 1 aromatic heterocycles. The van der Waals surface area contributed by atoms with E-state index in [0.29, 0.717) is 6.54 Å². The Labute approximate surface area is 115 Å². The van der Waals surface area contributed by atoms with Crippen molar-refractivity contribution in [2.24, 2.45) is 0 Å². The number of aromatic nitrogens is 1. The molecular formula is C12H15N3O3S. The van der Waals surface area contributed by atoms with Crippen molar-refractivity contribution in [3.63, 3.8) is 0 Å². The number of urea groups is 1. The highest BCUT2D eigenvalue weighted by Gasteiger charge is 2.16. The van der Waals surface area contributed by atoms with Crippen molar-refractivity contribution in [2.75, 3.05) is 24.6 Å². The van der Waals surface area contributed by atoms with E-state index in [1.807, 2.05) is 11.8 Å². The minimum Gasteiger partial charge on any atom is -0.477 e. The summed E-state index contributed by atoms with van der Waals surface area (Å²) in [5, 5.41) is 11.5. The number of rotatable bonds is 3. The van der Waals surface area contributed by atoms with Gasteiger partial charge in [-0.05, 0) is 11.6 Å². The Morgan fingerprint density at radius 1 is 1.37 bits per heavy atom. The third-order valence-electron chi connectivity index (χ3n) is 2.79. The van der Waals surface area contributed by atoms with E-state index in [4.69, 9.17) is 5.11 Å². The molecule has 6 nitrogen and oxygen atoms in total. The lowest BCUT2D eigenvalue weighted by atomic mass is 10.2. The second-order valence-electron chi connectivity index (χ2n) is 4.11. The van der Waals surface area contributed by atoms with Gasteiger partial charge < -0.3 is 15.3 Å². The van der Waals surface area contributed by atoms with Gasteiger partial charge in [0.15, 0.2) is 0 Å². The van der Waals surface area contributed by atoms with Crippen molar-refractivity contribution < 1.29 is 14.7 Å². The average Bonchev–Trinajstić information content (AvgIpc) is 2.46. The van der Waals surface area contributed by atoms with Crippen molar-refractivity contribution >= 4 is 23.8 Å². The maximum Gasteiger partial charge on any atom is 0.354 e. The Morgan fingerprint density at radius 3 is 2.68 bits per heavy atom. The number of hydrogen-bond acceptors (Lipinski definition) is 4. The predicted octanol–water partition coefficient (Wildman–Crippen LogP) is 1.04. The van der Waals surface area contributed by atoms with Gasteiger partial charge in [0.1, 0.15) is 5.69 Å². The number of aromatic carboxylic acids is 1. The number of nitrogens with one attached hydrogen (secondary N) is 1. The number of hydrogen-bond donors (Lipinski definition) is 2. The number of carboxylic acid groups (broad SMARTS) is 1. The van der Waals surface area contributed by atoms with Gasteiger partial charge in [-0.2, -0.15) is 11.8 Å². The largest absolute Gasteiger partial charge is 0.477 e. The van der Waals surface area contributed by atoms with E-state index in [2.05, 4.69) is 10.3 Å². The van der Waals surface area contributed by atoms with Crippen LogP contribution in [0.4, 0.5) is 4.79 Å². The molecule has 0 atom stereocenters. The maximum atomic E-state index is 11.8. The smallest absolute Gasteiger partial charge is 0.354 e. The summed E-state index contributed by atoms with van der Waals surface area (Å²) in [7, 11) is 0. The Bertz CT molecular complexity index is 458. The van der Waals surface area contributed by atoms with Gasteiger partial charge in [-0.1, -0.05) is 6.07 Å². The van der Waals surface area contributed by atoms with E-state index in [1.165, 1.54) is 12.3 Å². The first-order valence-corrected chi connectivity index (χ1v) is 7.11. The van der Waals surface area contributed by atoms with Crippen LogP contribution in [0.25, 0.3) is 0 Å². The summed E-state index contributed by atoms with van der Waals surface area (Å²) in [6, 6.07) is 3.01. The highest BCUT2D eigenvalue weighted by molar-refractivity contribution is 7.99. The molecule has 0 saturated carbocycles. The maximum absolute atomic E-state index is 11.8. The van der Waals surface area contributed by atoms with E-state index in [1.54, 1.807) is 11.0 Å². The van der Waals surface area contributed by atoms with Crippen LogP contribution < -0.4 is 5.32 Å². The van der Waals surface area contributed by atoms with Crippen molar-refractivity contribution in [3.8, 4) is 0 Å². The highest BCUT2D eigenvalue weighted by atomic mass is 32.2. The van der Waals surface area contributed by atoms with E-state index >= 15 is 0 Å². The Kier molecular flexibility index (Phi) is 4.62. The number of nitrogens with zero attached hydrogens (tertiary/aromatic N) is 2. The molecule has 1 saturated heterocycles. The molecule has 2 amide bonds. The lowest BCUT2D eigenvalue weighted by Crippen LogP contribution is -2.44. The predicted molar refractivity (Wildman–Crippen MR) is 72.3 cm³/mol. The molecule has 2 rings (SSSR count). The standard InChI is InChI=1S/C12H15N3O3S/c16-11(17)10-2-1-9(7-13-10)8-14-12(18)15-3-5-19-6-4-15/h1-2,7H,3-6,8H2,(H,14,18)(H,16,17). The van der Waals surface area contributed by atoms with Gasteiger partial charge in [-0.25, -0.2) is 14.6 Å². The molecule has 0 aliphatic carbocycles. The molecule has 0 radical (unpaired) electrons. The van der Waals surface area contributed by atoms with Crippen LogP contribution in [-0.2, 0) is 6.54 Å². The van der Waals surface area contributed by atoms with Gasteiger partial charge in [-0.15, -0.1) is 0 Å². The number of carboxylic acids is 1. The summed E-state index contributed by atoms with van der Waals surface area (Å²) >= 11 is 1.85. The first-order valence-electron chi connectivity index (χ1n) is 5.95. The molecule has 0 unspecified atom stereocenters. The van der Waals surface area contributed by atoms with Crippen LogP contribution in [0, 0.1) is 0 Å². The lowest BCUT2D eigenvalue weighted by molar-refractivity contribution is 0.0690. The fourth-order valence-corrected chi connectivity index (χ4v) is 2.61. The Hall–Kier alpha value is -1.76. The van der Waals surface area contributed by atoms with Crippen molar-refractivity contribution in [2.45, 2.75) is 6.54 Å². The monoisotopic (exact) mass is 281 g/mol. The molecule has 0 bridgehead atoms. The average molecular weight is 281 g/mol. The Balaban J connectivity index is 1.84. The highest BCUT2D eigenvalue weighted by Crippen LogP contribution is 2.09. The summed E-state index contributed by atoms with van der Waals surface area (Å²) in [6.45, 7) is 1.90. The zero-order valence-corrected chi connectivity index (χ0v) is 11.2. The minimum atomic E-state index is -1.05. The van der Waals surface area contributed by atoms with Gasteiger partial charge in [0, 0.05) is 37.3 Å². The van der Waals surface area contributed by atoms with Crippen LogP contribution in [0.3, 0.4) is 0 Å². The fourth-order valence-electron chi connectivity index (χ4n) is 1.71. The topological polar surface area (TPSA) is 82.5 Å². The number of amides is 2. The number of carbonyl (C=O) groups is 2. The van der Waals surface area contributed by atoms with Crippen molar-refractivity contribution in [1.82, 2.24) is 15.2 Å². The Morgan fingerprint density at radius 2 is 2.11 bits per heavy atom. The second-order valence-corrected chi connectivity index (χ2v) is 5.34. The van der Waals surface area contributed by atoms with E-state index in [0.717, 1.165) is 30.2 Å². The van der Waals surface area contributed by atoms with Gasteiger partial charge in [0.25, 0.3) is 0 Å². The molecule has 2 N–H and O–H groups in total. The van der Waals surface area contributed by atoms with Gasteiger partial charge in [0.05, 0.1) is 0 Å². The normalized spacial score (nSPS) is 15.1. The summed E-state index contributed by atoms with van der Waals surface area (Å²) in [6.07, 6.45) is 1.47. The van der Waals surface area contributed by atoms with E-state index < -0.39 is 5.97 Å². The van der Waals surface area contributed by atoms with Crippen LogP contribution in [0.15, 0.2) is 18.3 Å². The molecule has 1 aliphatic rings. The summed E-state index contributed by atoms with van der Waals surface area (Å²) in [5.41, 5.74) is 0.785. The fraction of sp³-hybridized carbons (Fsp3) is 0.417. The van der Waals surface area contributed by atoms with E-state index in [9.17, 15) is 9.59 Å². The quantitative estimate of drug-likeness (QED) is 0.865. The molecule has 2 heterocycles. The lowest BCUT2D eigenvalue weighted by Gasteiger charge is -2.26. The van der Waals surface area contributed by atoms with Gasteiger partial charge in [-0.3, -0.25) is 0 Å². The van der Waals surface area contributed by atoms with Gasteiger partial charge >= 0.3 is 12.0 Å². The van der Waals surface area contributed by atoms with Crippen LogP contribution in [0.2, 0.25) is 0 Å². The number of carbonyl (C=O) groups excluding carboxylic acids is 1. The van der Waals surface area contributed by atoms with Crippen LogP contribution in [-0.4, -0.2) is 51.6 Å². The zero-order chi connectivity index (χ0) is 13.7.